The third kappa shape index (κ3) is 1.78. The Morgan fingerprint density at radius 3 is 2.69 bits per heavy atom. The second-order valence-corrected chi connectivity index (χ2v) is 5.10. The first-order valence-corrected chi connectivity index (χ1v) is 6.05. The molecular formula is C12H18N4. The van der Waals surface area contributed by atoms with Crippen molar-refractivity contribution < 1.29 is 0 Å². The molecule has 0 spiro atoms. The van der Waals surface area contributed by atoms with Crippen LogP contribution in [0.5, 0.6) is 0 Å². The predicted molar refractivity (Wildman–Crippen MR) is 63.2 cm³/mol. The molecule has 4 nitrogen and oxygen atoms in total. The first-order valence-electron chi connectivity index (χ1n) is 6.05. The fraction of sp³-hybridized carbons (Fsp3) is 0.667. The minimum Gasteiger partial charge on any atom is -0.353 e. The van der Waals surface area contributed by atoms with E-state index in [4.69, 9.17) is 5.73 Å². The summed E-state index contributed by atoms with van der Waals surface area (Å²) >= 11 is 0. The second kappa shape index (κ2) is 3.70. The molecule has 0 aromatic carbocycles. The van der Waals surface area contributed by atoms with Gasteiger partial charge in [0, 0.05) is 19.1 Å². The Balaban J connectivity index is 1.74. The van der Waals surface area contributed by atoms with E-state index < -0.39 is 0 Å². The van der Waals surface area contributed by atoms with Gasteiger partial charge in [0.15, 0.2) is 5.82 Å². The number of anilines is 1. The molecule has 0 amide bonds. The van der Waals surface area contributed by atoms with Gasteiger partial charge in [-0.1, -0.05) is 0 Å². The highest BCUT2D eigenvalue weighted by molar-refractivity contribution is 5.39. The van der Waals surface area contributed by atoms with Gasteiger partial charge in [-0.3, -0.25) is 0 Å². The molecule has 2 aliphatic rings. The Morgan fingerprint density at radius 1 is 1.25 bits per heavy atom. The number of rotatable bonds is 2. The first kappa shape index (κ1) is 10.0. The molecule has 86 valence electrons. The van der Waals surface area contributed by atoms with E-state index >= 15 is 0 Å². The van der Waals surface area contributed by atoms with E-state index in [2.05, 4.69) is 15.1 Å². The molecule has 3 rings (SSSR count). The van der Waals surface area contributed by atoms with Crippen LogP contribution in [0.1, 0.15) is 18.5 Å². The minimum atomic E-state index is 0.315. The van der Waals surface area contributed by atoms with E-state index in [0.717, 1.165) is 30.5 Å². The van der Waals surface area contributed by atoms with Crippen molar-refractivity contribution in [2.45, 2.75) is 25.8 Å². The maximum absolute atomic E-state index is 6.19. The van der Waals surface area contributed by atoms with Crippen molar-refractivity contribution in [3.8, 4) is 0 Å². The molecule has 0 unspecified atom stereocenters. The van der Waals surface area contributed by atoms with Crippen LogP contribution in [0.3, 0.4) is 0 Å². The highest BCUT2D eigenvalue weighted by atomic mass is 15.3. The largest absolute Gasteiger partial charge is 0.353 e. The summed E-state index contributed by atoms with van der Waals surface area (Å²) in [5, 5.41) is 8.33. The van der Waals surface area contributed by atoms with Crippen molar-refractivity contribution in [3.63, 3.8) is 0 Å². The Labute approximate surface area is 95.8 Å². The maximum atomic E-state index is 6.19. The molecule has 4 heteroatoms. The summed E-state index contributed by atoms with van der Waals surface area (Å²) in [5.41, 5.74) is 7.15. The lowest BCUT2D eigenvalue weighted by Gasteiger charge is -2.16. The standard InChI is InChI=1S/C12H18N4/c1-8-2-5-12(15-14-8)16-6-10(9-3-4-9)11(13)7-16/h2,5,9-11H,3-4,6-7,13H2,1H3/t10-,11+/m1/s1. The number of hydrogen-bond donors (Lipinski definition) is 1. The van der Waals surface area contributed by atoms with Gasteiger partial charge in [0.25, 0.3) is 0 Å². The fourth-order valence-electron chi connectivity index (χ4n) is 2.62. The Hall–Kier alpha value is -1.16. The zero-order valence-corrected chi connectivity index (χ0v) is 9.63. The van der Waals surface area contributed by atoms with E-state index in [1.165, 1.54) is 12.8 Å². The molecule has 1 saturated carbocycles. The van der Waals surface area contributed by atoms with E-state index in [9.17, 15) is 0 Å². The summed E-state index contributed by atoms with van der Waals surface area (Å²) in [7, 11) is 0. The van der Waals surface area contributed by atoms with Gasteiger partial charge >= 0.3 is 0 Å². The quantitative estimate of drug-likeness (QED) is 0.803. The summed E-state index contributed by atoms with van der Waals surface area (Å²) in [5.74, 6) is 2.52. The van der Waals surface area contributed by atoms with Crippen LogP contribution in [0.4, 0.5) is 5.82 Å². The van der Waals surface area contributed by atoms with Gasteiger partial charge < -0.3 is 10.6 Å². The van der Waals surface area contributed by atoms with Gasteiger partial charge in [0.05, 0.1) is 5.69 Å². The normalized spacial score (nSPS) is 29.8. The summed E-state index contributed by atoms with van der Waals surface area (Å²) in [6, 6.07) is 4.37. The van der Waals surface area contributed by atoms with Crippen LogP contribution in [-0.4, -0.2) is 29.3 Å². The van der Waals surface area contributed by atoms with Crippen LogP contribution in [0.15, 0.2) is 12.1 Å². The number of nitrogens with zero attached hydrogens (tertiary/aromatic N) is 3. The van der Waals surface area contributed by atoms with Crippen molar-refractivity contribution in [2.75, 3.05) is 18.0 Å². The molecular weight excluding hydrogens is 200 g/mol. The topological polar surface area (TPSA) is 55.0 Å². The summed E-state index contributed by atoms with van der Waals surface area (Å²) in [6.07, 6.45) is 2.73. The molecule has 1 aliphatic carbocycles. The van der Waals surface area contributed by atoms with Crippen LogP contribution in [0.25, 0.3) is 0 Å². The molecule has 1 saturated heterocycles. The van der Waals surface area contributed by atoms with Crippen molar-refractivity contribution >= 4 is 5.82 Å². The molecule has 1 aromatic heterocycles. The zero-order valence-electron chi connectivity index (χ0n) is 9.63. The lowest BCUT2D eigenvalue weighted by Crippen LogP contribution is -2.30. The van der Waals surface area contributed by atoms with Crippen LogP contribution in [-0.2, 0) is 0 Å². The SMILES string of the molecule is Cc1ccc(N2C[C@H](C3CC3)[C@@H](N)C2)nn1. The third-order valence-electron chi connectivity index (χ3n) is 3.75. The molecule has 1 aliphatic heterocycles. The molecule has 2 fully saturated rings. The molecule has 0 bridgehead atoms. The number of hydrogen-bond acceptors (Lipinski definition) is 4. The zero-order chi connectivity index (χ0) is 11.1. The molecule has 2 N–H and O–H groups in total. The lowest BCUT2D eigenvalue weighted by molar-refractivity contribution is 0.456. The van der Waals surface area contributed by atoms with Crippen LogP contribution >= 0.6 is 0 Å². The molecule has 2 atom stereocenters. The maximum Gasteiger partial charge on any atom is 0.151 e. The number of nitrogens with two attached hydrogens (primary N) is 1. The van der Waals surface area contributed by atoms with Crippen molar-refractivity contribution in [1.29, 1.82) is 0 Å². The van der Waals surface area contributed by atoms with Gasteiger partial charge in [0.1, 0.15) is 0 Å². The molecule has 1 aromatic rings. The monoisotopic (exact) mass is 218 g/mol. The Morgan fingerprint density at radius 2 is 2.06 bits per heavy atom. The third-order valence-corrected chi connectivity index (χ3v) is 3.75. The number of aryl methyl sites for hydroxylation is 1. The second-order valence-electron chi connectivity index (χ2n) is 5.10. The number of aromatic nitrogens is 2. The highest BCUT2D eigenvalue weighted by Gasteiger charge is 2.41. The van der Waals surface area contributed by atoms with E-state index in [-0.39, 0.29) is 0 Å². The lowest BCUT2D eigenvalue weighted by atomic mass is 9.99. The van der Waals surface area contributed by atoms with Gasteiger partial charge in [-0.25, -0.2) is 0 Å². The van der Waals surface area contributed by atoms with Gasteiger partial charge in [-0.15, -0.1) is 5.10 Å². The van der Waals surface area contributed by atoms with Gasteiger partial charge in [-0.2, -0.15) is 5.10 Å². The Bertz CT molecular complexity index is 371. The summed E-state index contributed by atoms with van der Waals surface area (Å²) in [4.78, 5) is 2.28. The first-order chi connectivity index (χ1) is 7.74. The van der Waals surface area contributed by atoms with Crippen molar-refractivity contribution in [3.05, 3.63) is 17.8 Å². The van der Waals surface area contributed by atoms with Crippen molar-refractivity contribution in [2.24, 2.45) is 17.6 Å². The Kier molecular flexibility index (Phi) is 2.32. The van der Waals surface area contributed by atoms with Crippen molar-refractivity contribution in [1.82, 2.24) is 10.2 Å². The smallest absolute Gasteiger partial charge is 0.151 e. The highest BCUT2D eigenvalue weighted by Crippen LogP contribution is 2.41. The van der Waals surface area contributed by atoms with E-state index in [1.807, 2.05) is 19.1 Å². The minimum absolute atomic E-state index is 0.315. The summed E-state index contributed by atoms with van der Waals surface area (Å²) in [6.45, 7) is 3.95. The van der Waals surface area contributed by atoms with Gasteiger partial charge in [-0.05, 0) is 43.7 Å². The predicted octanol–water partition coefficient (Wildman–Crippen LogP) is 0.959. The summed E-state index contributed by atoms with van der Waals surface area (Å²) < 4.78 is 0. The average Bonchev–Trinajstić information content (AvgIpc) is 3.04. The molecule has 16 heavy (non-hydrogen) atoms. The van der Waals surface area contributed by atoms with Crippen LogP contribution in [0, 0.1) is 18.8 Å². The van der Waals surface area contributed by atoms with E-state index in [1.54, 1.807) is 0 Å². The molecule has 0 radical (unpaired) electrons. The van der Waals surface area contributed by atoms with Crippen LogP contribution in [0.2, 0.25) is 0 Å². The molecule has 2 heterocycles. The average molecular weight is 218 g/mol. The van der Waals surface area contributed by atoms with Gasteiger partial charge in [0.2, 0.25) is 0 Å². The van der Waals surface area contributed by atoms with Crippen LogP contribution < -0.4 is 10.6 Å². The fourth-order valence-corrected chi connectivity index (χ4v) is 2.62. The van der Waals surface area contributed by atoms with E-state index in [0.29, 0.717) is 12.0 Å².